The van der Waals surface area contributed by atoms with Crippen molar-refractivity contribution in [2.45, 2.75) is 19.3 Å². The van der Waals surface area contributed by atoms with E-state index in [1.54, 1.807) is 12.1 Å². The van der Waals surface area contributed by atoms with E-state index in [1.807, 2.05) is 0 Å². The lowest BCUT2D eigenvalue weighted by Crippen LogP contribution is -2.25. The van der Waals surface area contributed by atoms with Crippen molar-refractivity contribution < 1.29 is 4.79 Å². The van der Waals surface area contributed by atoms with Gasteiger partial charge in [0.1, 0.15) is 0 Å². The highest BCUT2D eigenvalue weighted by Gasteiger charge is 2.15. The van der Waals surface area contributed by atoms with Gasteiger partial charge in [0, 0.05) is 18.7 Å². The fraction of sp³-hybridized carbons (Fsp3) is 0.462. The Labute approximate surface area is 122 Å². The van der Waals surface area contributed by atoms with Gasteiger partial charge in [-0.25, -0.2) is 0 Å². The third-order valence-corrected chi connectivity index (χ3v) is 3.78. The van der Waals surface area contributed by atoms with Gasteiger partial charge in [0.2, 0.25) is 5.91 Å². The molecule has 0 spiro atoms. The molecule has 6 heteroatoms. The SMILES string of the molecule is Nc1cc(Cl)c(NC(=O)CCN2CCCC2)c(Cl)c1. The number of nitrogens with zero attached hydrogens (tertiary/aromatic N) is 1. The standard InChI is InChI=1S/C13H17Cl2N3O/c14-10-7-9(16)8-11(15)13(10)17-12(19)3-6-18-4-1-2-5-18/h7-8H,1-6,16H2,(H,17,19). The van der Waals surface area contributed by atoms with E-state index in [9.17, 15) is 4.79 Å². The first-order chi connectivity index (χ1) is 9.06. The summed E-state index contributed by atoms with van der Waals surface area (Å²) in [5, 5.41) is 3.47. The summed E-state index contributed by atoms with van der Waals surface area (Å²) in [7, 11) is 0. The molecule has 19 heavy (non-hydrogen) atoms. The minimum atomic E-state index is -0.0829. The average Bonchev–Trinajstić information content (AvgIpc) is 2.84. The van der Waals surface area contributed by atoms with Crippen LogP contribution in [0.15, 0.2) is 12.1 Å². The van der Waals surface area contributed by atoms with Crippen LogP contribution in [0.2, 0.25) is 10.0 Å². The highest BCUT2D eigenvalue weighted by Crippen LogP contribution is 2.32. The minimum absolute atomic E-state index is 0.0829. The van der Waals surface area contributed by atoms with Crippen molar-refractivity contribution >= 4 is 40.5 Å². The number of halogens is 2. The molecular formula is C13H17Cl2N3O. The Morgan fingerprint density at radius 2 is 1.84 bits per heavy atom. The first-order valence-electron chi connectivity index (χ1n) is 6.33. The quantitative estimate of drug-likeness (QED) is 0.841. The summed E-state index contributed by atoms with van der Waals surface area (Å²) in [6.45, 7) is 2.93. The number of benzene rings is 1. The van der Waals surface area contributed by atoms with Crippen LogP contribution in [0.3, 0.4) is 0 Å². The number of nitrogen functional groups attached to an aromatic ring is 1. The fourth-order valence-electron chi connectivity index (χ4n) is 2.18. The van der Waals surface area contributed by atoms with Crippen LogP contribution in [0.1, 0.15) is 19.3 Å². The number of hydrogen-bond acceptors (Lipinski definition) is 3. The van der Waals surface area contributed by atoms with Gasteiger partial charge < -0.3 is 16.0 Å². The molecular weight excluding hydrogens is 285 g/mol. The van der Waals surface area contributed by atoms with Crippen molar-refractivity contribution in [1.29, 1.82) is 0 Å². The number of nitrogens with two attached hydrogens (primary N) is 1. The van der Waals surface area contributed by atoms with Crippen molar-refractivity contribution in [3.63, 3.8) is 0 Å². The van der Waals surface area contributed by atoms with Gasteiger partial charge in [-0.15, -0.1) is 0 Å². The van der Waals surface area contributed by atoms with Crippen LogP contribution in [0.4, 0.5) is 11.4 Å². The Morgan fingerprint density at radius 3 is 2.42 bits per heavy atom. The zero-order chi connectivity index (χ0) is 13.8. The summed E-state index contributed by atoms with van der Waals surface area (Å²) in [5.41, 5.74) is 6.52. The van der Waals surface area contributed by atoms with E-state index in [1.165, 1.54) is 12.8 Å². The number of nitrogens with one attached hydrogen (secondary N) is 1. The van der Waals surface area contributed by atoms with Crippen molar-refractivity contribution in [2.24, 2.45) is 0 Å². The second kappa shape index (κ2) is 6.46. The van der Waals surface area contributed by atoms with Gasteiger partial charge in [-0.3, -0.25) is 4.79 Å². The summed E-state index contributed by atoms with van der Waals surface area (Å²) < 4.78 is 0. The van der Waals surface area contributed by atoms with Crippen molar-refractivity contribution in [3.05, 3.63) is 22.2 Å². The predicted octanol–water partition coefficient (Wildman–Crippen LogP) is 3.00. The molecule has 1 saturated heterocycles. The number of carbonyl (C=O) groups is 1. The van der Waals surface area contributed by atoms with Gasteiger partial charge in [0.15, 0.2) is 0 Å². The maximum absolute atomic E-state index is 11.9. The zero-order valence-corrected chi connectivity index (χ0v) is 12.1. The summed E-state index contributed by atoms with van der Waals surface area (Å²) in [5.74, 6) is -0.0829. The molecule has 4 nitrogen and oxygen atoms in total. The van der Waals surface area contributed by atoms with Crippen molar-refractivity contribution in [1.82, 2.24) is 4.90 Å². The fourth-order valence-corrected chi connectivity index (χ4v) is 2.78. The largest absolute Gasteiger partial charge is 0.399 e. The molecule has 1 aromatic carbocycles. The maximum atomic E-state index is 11.9. The number of anilines is 2. The molecule has 1 heterocycles. The van der Waals surface area contributed by atoms with E-state index in [4.69, 9.17) is 28.9 Å². The highest BCUT2D eigenvalue weighted by molar-refractivity contribution is 6.40. The van der Waals surface area contributed by atoms with E-state index < -0.39 is 0 Å². The predicted molar refractivity (Wildman–Crippen MR) is 79.8 cm³/mol. The Kier molecular flexibility index (Phi) is 4.91. The lowest BCUT2D eigenvalue weighted by atomic mass is 10.2. The minimum Gasteiger partial charge on any atom is -0.399 e. The molecule has 0 radical (unpaired) electrons. The van der Waals surface area contributed by atoms with Crippen LogP contribution in [0, 0.1) is 0 Å². The third-order valence-electron chi connectivity index (χ3n) is 3.18. The second-order valence-electron chi connectivity index (χ2n) is 4.71. The number of hydrogen-bond donors (Lipinski definition) is 2. The summed E-state index contributed by atoms with van der Waals surface area (Å²) >= 11 is 12.0. The molecule has 1 fully saturated rings. The zero-order valence-electron chi connectivity index (χ0n) is 10.6. The molecule has 0 saturated carbocycles. The molecule has 1 aliphatic rings. The lowest BCUT2D eigenvalue weighted by Gasteiger charge is -2.15. The molecule has 1 aromatic rings. The van der Waals surface area contributed by atoms with Crippen LogP contribution in [0.25, 0.3) is 0 Å². The Bertz CT molecular complexity index is 450. The first kappa shape index (κ1) is 14.4. The lowest BCUT2D eigenvalue weighted by molar-refractivity contribution is -0.116. The van der Waals surface area contributed by atoms with Crippen molar-refractivity contribution in [2.75, 3.05) is 30.7 Å². The molecule has 0 bridgehead atoms. The van der Waals surface area contributed by atoms with Gasteiger partial charge in [-0.1, -0.05) is 23.2 Å². The second-order valence-corrected chi connectivity index (χ2v) is 5.52. The van der Waals surface area contributed by atoms with Gasteiger partial charge in [0.25, 0.3) is 0 Å². The molecule has 1 aliphatic heterocycles. The van der Waals surface area contributed by atoms with Crippen molar-refractivity contribution in [3.8, 4) is 0 Å². The molecule has 1 amide bonds. The van der Waals surface area contributed by atoms with E-state index in [2.05, 4.69) is 10.2 Å². The Hall–Kier alpha value is -0.970. The highest BCUT2D eigenvalue weighted by atomic mass is 35.5. The van der Waals surface area contributed by atoms with Crippen LogP contribution < -0.4 is 11.1 Å². The summed E-state index contributed by atoms with van der Waals surface area (Å²) in [6.07, 6.45) is 2.88. The molecule has 0 unspecified atom stereocenters. The van der Waals surface area contributed by atoms with Gasteiger partial charge in [-0.05, 0) is 38.1 Å². The molecule has 2 rings (SSSR count). The Morgan fingerprint density at radius 1 is 1.26 bits per heavy atom. The number of likely N-dealkylation sites (tertiary alicyclic amines) is 1. The molecule has 3 N–H and O–H groups in total. The van der Waals surface area contributed by atoms with Crippen LogP contribution in [-0.2, 0) is 4.79 Å². The maximum Gasteiger partial charge on any atom is 0.225 e. The van der Waals surface area contributed by atoms with E-state index in [-0.39, 0.29) is 5.91 Å². The normalized spacial score (nSPS) is 15.7. The van der Waals surface area contributed by atoms with Gasteiger partial charge in [0.05, 0.1) is 15.7 Å². The molecule has 0 aliphatic carbocycles. The summed E-state index contributed by atoms with van der Waals surface area (Å²) in [6, 6.07) is 3.15. The van der Waals surface area contributed by atoms with Crippen LogP contribution in [-0.4, -0.2) is 30.4 Å². The topological polar surface area (TPSA) is 58.4 Å². The van der Waals surface area contributed by atoms with E-state index in [0.29, 0.717) is 27.8 Å². The molecule has 0 atom stereocenters. The molecule has 0 aromatic heterocycles. The number of carbonyl (C=O) groups excluding carboxylic acids is 1. The molecule has 104 valence electrons. The third kappa shape index (κ3) is 4.00. The van der Waals surface area contributed by atoms with E-state index in [0.717, 1.165) is 19.6 Å². The summed E-state index contributed by atoms with van der Waals surface area (Å²) in [4.78, 5) is 14.2. The van der Waals surface area contributed by atoms with Gasteiger partial charge >= 0.3 is 0 Å². The van der Waals surface area contributed by atoms with Crippen LogP contribution >= 0.6 is 23.2 Å². The average molecular weight is 302 g/mol. The smallest absolute Gasteiger partial charge is 0.225 e. The number of amides is 1. The monoisotopic (exact) mass is 301 g/mol. The first-order valence-corrected chi connectivity index (χ1v) is 7.08. The van der Waals surface area contributed by atoms with Crippen LogP contribution in [0.5, 0.6) is 0 Å². The van der Waals surface area contributed by atoms with Gasteiger partial charge in [-0.2, -0.15) is 0 Å². The Balaban J connectivity index is 1.91. The van der Waals surface area contributed by atoms with E-state index >= 15 is 0 Å². The number of rotatable bonds is 4.